The third-order valence-corrected chi connectivity index (χ3v) is 4.23. The zero-order valence-electron chi connectivity index (χ0n) is 11.7. The van der Waals surface area contributed by atoms with Crippen LogP contribution >= 0.6 is 11.6 Å². The SMILES string of the molecule is CC(C)c1ccc(C(=O)NCC2(CCCl)CC2)cc1. The number of amides is 1. The van der Waals surface area contributed by atoms with Gasteiger partial charge in [-0.05, 0) is 48.3 Å². The highest BCUT2D eigenvalue weighted by atomic mass is 35.5. The summed E-state index contributed by atoms with van der Waals surface area (Å²) in [4.78, 5) is 12.1. The molecular weight excluding hydrogens is 258 g/mol. The Morgan fingerprint density at radius 3 is 2.42 bits per heavy atom. The van der Waals surface area contributed by atoms with Crippen LogP contribution in [0.25, 0.3) is 0 Å². The molecule has 1 aliphatic carbocycles. The summed E-state index contributed by atoms with van der Waals surface area (Å²) < 4.78 is 0. The minimum Gasteiger partial charge on any atom is -0.351 e. The number of hydrogen-bond donors (Lipinski definition) is 1. The maximum atomic E-state index is 12.1. The van der Waals surface area contributed by atoms with Gasteiger partial charge in [0.2, 0.25) is 0 Å². The molecule has 2 rings (SSSR count). The Morgan fingerprint density at radius 1 is 1.32 bits per heavy atom. The Labute approximate surface area is 120 Å². The van der Waals surface area contributed by atoms with Crippen molar-refractivity contribution in [1.82, 2.24) is 5.32 Å². The number of hydrogen-bond acceptors (Lipinski definition) is 1. The monoisotopic (exact) mass is 279 g/mol. The highest BCUT2D eigenvalue weighted by molar-refractivity contribution is 6.17. The Hall–Kier alpha value is -1.02. The van der Waals surface area contributed by atoms with Gasteiger partial charge in [-0.1, -0.05) is 26.0 Å². The third kappa shape index (κ3) is 3.73. The van der Waals surface area contributed by atoms with Crippen molar-refractivity contribution in [3.63, 3.8) is 0 Å². The van der Waals surface area contributed by atoms with E-state index in [-0.39, 0.29) is 11.3 Å². The van der Waals surface area contributed by atoms with E-state index in [1.807, 2.05) is 24.3 Å². The number of nitrogens with one attached hydrogen (secondary N) is 1. The molecule has 1 aromatic carbocycles. The molecule has 0 bridgehead atoms. The minimum absolute atomic E-state index is 0.0242. The Balaban J connectivity index is 1.89. The topological polar surface area (TPSA) is 29.1 Å². The molecule has 2 nitrogen and oxygen atoms in total. The predicted molar refractivity (Wildman–Crippen MR) is 79.9 cm³/mol. The molecule has 19 heavy (non-hydrogen) atoms. The number of halogens is 1. The fraction of sp³-hybridized carbons (Fsp3) is 0.562. The van der Waals surface area contributed by atoms with E-state index in [2.05, 4.69) is 19.2 Å². The molecule has 0 spiro atoms. The van der Waals surface area contributed by atoms with Crippen LogP contribution in [-0.2, 0) is 0 Å². The molecule has 0 atom stereocenters. The van der Waals surface area contributed by atoms with Crippen LogP contribution in [0.3, 0.4) is 0 Å². The average Bonchev–Trinajstić information content (AvgIpc) is 3.17. The van der Waals surface area contributed by atoms with Crippen molar-refractivity contribution in [1.29, 1.82) is 0 Å². The van der Waals surface area contributed by atoms with Crippen LogP contribution in [0.15, 0.2) is 24.3 Å². The zero-order valence-corrected chi connectivity index (χ0v) is 12.5. The second-order valence-electron chi connectivity index (χ2n) is 5.90. The summed E-state index contributed by atoms with van der Waals surface area (Å²) in [5.74, 6) is 1.20. The highest BCUT2D eigenvalue weighted by Crippen LogP contribution is 2.48. The maximum Gasteiger partial charge on any atom is 0.251 e. The summed E-state index contributed by atoms with van der Waals surface area (Å²) in [6, 6.07) is 7.88. The first kappa shape index (κ1) is 14.4. The molecule has 1 fully saturated rings. The molecule has 1 aromatic rings. The van der Waals surface area contributed by atoms with Gasteiger partial charge in [0, 0.05) is 18.0 Å². The van der Waals surface area contributed by atoms with Crippen molar-refractivity contribution in [2.45, 2.75) is 39.0 Å². The first-order valence-electron chi connectivity index (χ1n) is 7.00. The number of carbonyl (C=O) groups excluding carboxylic acids is 1. The fourth-order valence-corrected chi connectivity index (χ4v) is 2.68. The molecular formula is C16H22ClNO. The lowest BCUT2D eigenvalue weighted by molar-refractivity contribution is 0.0944. The van der Waals surface area contributed by atoms with Crippen LogP contribution in [0, 0.1) is 5.41 Å². The lowest BCUT2D eigenvalue weighted by Crippen LogP contribution is -2.30. The van der Waals surface area contributed by atoms with Crippen LogP contribution in [0.4, 0.5) is 0 Å². The van der Waals surface area contributed by atoms with E-state index >= 15 is 0 Å². The summed E-state index contributed by atoms with van der Waals surface area (Å²) in [6.45, 7) is 5.06. The molecule has 104 valence electrons. The molecule has 0 aromatic heterocycles. The normalized spacial score (nSPS) is 16.4. The first-order chi connectivity index (χ1) is 9.06. The van der Waals surface area contributed by atoms with Crippen LogP contribution < -0.4 is 5.32 Å². The van der Waals surface area contributed by atoms with Crippen LogP contribution in [0.1, 0.15) is 54.9 Å². The zero-order chi connectivity index (χ0) is 13.9. The minimum atomic E-state index is 0.0242. The summed E-state index contributed by atoms with van der Waals surface area (Å²) in [5, 5.41) is 3.04. The lowest BCUT2D eigenvalue weighted by atomic mass is 10.0. The fourth-order valence-electron chi connectivity index (χ4n) is 2.28. The lowest BCUT2D eigenvalue weighted by Gasteiger charge is -2.14. The van der Waals surface area contributed by atoms with E-state index in [0.29, 0.717) is 11.8 Å². The number of alkyl halides is 1. The van der Waals surface area contributed by atoms with Crippen molar-refractivity contribution < 1.29 is 4.79 Å². The molecule has 0 saturated heterocycles. The van der Waals surface area contributed by atoms with Gasteiger partial charge in [-0.25, -0.2) is 0 Å². The first-order valence-corrected chi connectivity index (χ1v) is 7.54. The van der Waals surface area contributed by atoms with Crippen LogP contribution in [0.2, 0.25) is 0 Å². The van der Waals surface area contributed by atoms with Gasteiger partial charge in [-0.3, -0.25) is 4.79 Å². The van der Waals surface area contributed by atoms with Gasteiger partial charge in [0.05, 0.1) is 0 Å². The maximum absolute atomic E-state index is 12.1. The largest absolute Gasteiger partial charge is 0.351 e. The quantitative estimate of drug-likeness (QED) is 0.785. The number of benzene rings is 1. The molecule has 1 aliphatic rings. The summed E-state index contributed by atoms with van der Waals surface area (Å²) >= 11 is 5.79. The van der Waals surface area contributed by atoms with Gasteiger partial charge >= 0.3 is 0 Å². The molecule has 1 amide bonds. The standard InChI is InChI=1S/C16H22ClNO/c1-12(2)13-3-5-14(6-4-13)15(19)18-11-16(7-8-16)9-10-17/h3-6,12H,7-11H2,1-2H3,(H,18,19). The molecule has 0 heterocycles. The predicted octanol–water partition coefficient (Wildman–Crippen LogP) is 3.95. The van der Waals surface area contributed by atoms with Gasteiger partial charge in [-0.15, -0.1) is 11.6 Å². The molecule has 1 N–H and O–H groups in total. The molecule has 1 saturated carbocycles. The van der Waals surface area contributed by atoms with Crippen molar-refractivity contribution in [2.75, 3.05) is 12.4 Å². The van der Waals surface area contributed by atoms with Crippen molar-refractivity contribution in [3.8, 4) is 0 Å². The Bertz CT molecular complexity index is 435. The summed E-state index contributed by atoms with van der Waals surface area (Å²) in [7, 11) is 0. The second kappa shape index (κ2) is 5.96. The average molecular weight is 280 g/mol. The summed E-state index contributed by atoms with van der Waals surface area (Å²) in [5.41, 5.74) is 2.29. The van der Waals surface area contributed by atoms with E-state index < -0.39 is 0 Å². The molecule has 3 heteroatoms. The van der Waals surface area contributed by atoms with E-state index in [0.717, 1.165) is 18.5 Å². The van der Waals surface area contributed by atoms with E-state index in [1.165, 1.54) is 18.4 Å². The van der Waals surface area contributed by atoms with Crippen molar-refractivity contribution in [3.05, 3.63) is 35.4 Å². The van der Waals surface area contributed by atoms with Gasteiger partial charge in [0.1, 0.15) is 0 Å². The highest BCUT2D eigenvalue weighted by Gasteiger charge is 2.41. The van der Waals surface area contributed by atoms with Gasteiger partial charge < -0.3 is 5.32 Å². The van der Waals surface area contributed by atoms with Gasteiger partial charge in [0.25, 0.3) is 5.91 Å². The van der Waals surface area contributed by atoms with Gasteiger partial charge in [-0.2, -0.15) is 0 Å². The number of carbonyl (C=O) groups is 1. The Morgan fingerprint density at radius 2 is 1.95 bits per heavy atom. The molecule has 0 aliphatic heterocycles. The third-order valence-electron chi connectivity index (χ3n) is 4.05. The smallest absolute Gasteiger partial charge is 0.251 e. The van der Waals surface area contributed by atoms with E-state index in [4.69, 9.17) is 11.6 Å². The van der Waals surface area contributed by atoms with Gasteiger partial charge in [0.15, 0.2) is 0 Å². The second-order valence-corrected chi connectivity index (χ2v) is 6.28. The Kier molecular flexibility index (Phi) is 4.51. The van der Waals surface area contributed by atoms with E-state index in [1.54, 1.807) is 0 Å². The summed E-state index contributed by atoms with van der Waals surface area (Å²) in [6.07, 6.45) is 3.37. The van der Waals surface area contributed by atoms with Crippen LogP contribution in [0.5, 0.6) is 0 Å². The number of rotatable bonds is 6. The van der Waals surface area contributed by atoms with Crippen molar-refractivity contribution in [2.24, 2.45) is 5.41 Å². The van der Waals surface area contributed by atoms with Crippen molar-refractivity contribution >= 4 is 17.5 Å². The van der Waals surface area contributed by atoms with Crippen LogP contribution in [-0.4, -0.2) is 18.3 Å². The molecule has 0 unspecified atom stereocenters. The van der Waals surface area contributed by atoms with E-state index in [9.17, 15) is 4.79 Å². The molecule has 0 radical (unpaired) electrons.